The summed E-state index contributed by atoms with van der Waals surface area (Å²) in [5.74, 6) is -3.90. The van der Waals surface area contributed by atoms with E-state index in [1.54, 1.807) is 20.8 Å². The van der Waals surface area contributed by atoms with E-state index in [2.05, 4.69) is 0 Å². The number of imide groups is 1. The zero-order valence-electron chi connectivity index (χ0n) is 25.7. The lowest BCUT2D eigenvalue weighted by Crippen LogP contribution is -2.51. The van der Waals surface area contributed by atoms with Crippen LogP contribution in [0.5, 0.6) is 0 Å². The second kappa shape index (κ2) is 12.2. The molecule has 2 aromatic rings. The fourth-order valence-electron chi connectivity index (χ4n) is 5.95. The molecule has 46 heavy (non-hydrogen) atoms. The minimum absolute atomic E-state index is 0.00763. The summed E-state index contributed by atoms with van der Waals surface area (Å²) >= 11 is 0. The van der Waals surface area contributed by atoms with Gasteiger partial charge in [0.1, 0.15) is 17.9 Å². The molecule has 2 fully saturated rings. The van der Waals surface area contributed by atoms with Crippen LogP contribution in [-0.4, -0.2) is 82.6 Å². The maximum Gasteiger partial charge on any atom is 0.416 e. The highest BCUT2D eigenvalue weighted by Crippen LogP contribution is 2.38. The minimum atomic E-state index is -5.06. The Balaban J connectivity index is 1.60. The minimum Gasteiger partial charge on any atom is -0.341 e. The van der Waals surface area contributed by atoms with Crippen LogP contribution in [0, 0.1) is 18.7 Å². The summed E-state index contributed by atoms with van der Waals surface area (Å²) in [4.78, 5) is 57.1. The maximum absolute atomic E-state index is 14.0. The number of aryl methyl sites for hydroxylation is 1. The molecule has 0 bridgehead atoms. The highest BCUT2D eigenvalue weighted by Gasteiger charge is 2.50. The number of likely N-dealkylation sites (tertiary alicyclic amines) is 1. The van der Waals surface area contributed by atoms with Gasteiger partial charge in [-0.05, 0) is 74.2 Å². The second-order valence-corrected chi connectivity index (χ2v) is 12.2. The van der Waals surface area contributed by atoms with Crippen LogP contribution in [0.1, 0.15) is 54.0 Å². The van der Waals surface area contributed by atoms with E-state index in [4.69, 9.17) is 0 Å². The molecule has 0 aromatic heterocycles. The van der Waals surface area contributed by atoms with Crippen LogP contribution in [0.3, 0.4) is 0 Å². The van der Waals surface area contributed by atoms with Crippen molar-refractivity contribution in [3.63, 3.8) is 0 Å². The first-order valence-corrected chi connectivity index (χ1v) is 14.3. The van der Waals surface area contributed by atoms with Crippen LogP contribution in [-0.2, 0) is 33.3 Å². The molecule has 2 saturated heterocycles. The van der Waals surface area contributed by atoms with Gasteiger partial charge in [-0.25, -0.2) is 9.18 Å². The van der Waals surface area contributed by atoms with Crippen LogP contribution in [0.2, 0.25) is 0 Å². The summed E-state index contributed by atoms with van der Waals surface area (Å²) in [6, 6.07) is 4.34. The molecule has 2 atom stereocenters. The Hall–Kier alpha value is -4.17. The lowest BCUT2D eigenvalue weighted by Gasteiger charge is -2.40. The van der Waals surface area contributed by atoms with Crippen LogP contribution in [0.4, 0.5) is 35.5 Å². The van der Waals surface area contributed by atoms with Crippen molar-refractivity contribution in [2.75, 3.05) is 33.7 Å². The lowest BCUT2D eigenvalue weighted by molar-refractivity contribution is -0.143. The molecule has 0 radical (unpaired) electrons. The third-order valence-corrected chi connectivity index (χ3v) is 8.78. The number of carbonyl (C=O) groups is 4. The SMILES string of the molecule is Cc1cc(F)ccc1[C@@H]1CN(C(=O)CN2C(=O)N(C)C(C)(C)C2=O)CC[C@H]1C(=O)N(C)Cc1cc(C(F)(F)F)cc(C(F)(F)F)c1. The van der Waals surface area contributed by atoms with Crippen molar-refractivity contribution in [2.45, 2.75) is 57.5 Å². The first-order chi connectivity index (χ1) is 21.1. The van der Waals surface area contributed by atoms with Crippen molar-refractivity contribution >= 4 is 23.8 Å². The molecule has 250 valence electrons. The van der Waals surface area contributed by atoms with Gasteiger partial charge in [-0.15, -0.1) is 0 Å². The van der Waals surface area contributed by atoms with Crippen LogP contribution in [0.15, 0.2) is 36.4 Å². The van der Waals surface area contributed by atoms with Crippen LogP contribution >= 0.6 is 0 Å². The van der Waals surface area contributed by atoms with Gasteiger partial charge in [0, 0.05) is 45.6 Å². The third kappa shape index (κ3) is 6.82. The number of alkyl halides is 6. The van der Waals surface area contributed by atoms with Gasteiger partial charge in [-0.2, -0.15) is 26.3 Å². The maximum atomic E-state index is 14.0. The van der Waals surface area contributed by atoms with Crippen molar-refractivity contribution in [1.82, 2.24) is 19.6 Å². The number of nitrogens with zero attached hydrogens (tertiary/aromatic N) is 4. The van der Waals surface area contributed by atoms with Gasteiger partial charge < -0.3 is 14.7 Å². The van der Waals surface area contributed by atoms with Gasteiger partial charge in [-0.1, -0.05) is 6.07 Å². The summed E-state index contributed by atoms with van der Waals surface area (Å²) in [5, 5.41) is 0. The fourth-order valence-corrected chi connectivity index (χ4v) is 5.95. The van der Waals surface area contributed by atoms with E-state index in [-0.39, 0.29) is 31.1 Å². The smallest absolute Gasteiger partial charge is 0.341 e. The molecule has 4 rings (SSSR count). The first kappa shape index (κ1) is 34.7. The molecule has 0 saturated carbocycles. The van der Waals surface area contributed by atoms with Gasteiger partial charge in [0.05, 0.1) is 11.1 Å². The number of piperidine rings is 1. The molecule has 8 nitrogen and oxygen atoms in total. The number of hydrogen-bond acceptors (Lipinski definition) is 4. The number of carbonyl (C=O) groups excluding carboxylic acids is 4. The van der Waals surface area contributed by atoms with Gasteiger partial charge in [-0.3, -0.25) is 19.3 Å². The third-order valence-electron chi connectivity index (χ3n) is 8.78. The number of benzene rings is 2. The molecule has 2 heterocycles. The predicted octanol–water partition coefficient (Wildman–Crippen LogP) is 5.44. The van der Waals surface area contributed by atoms with Crippen molar-refractivity contribution in [2.24, 2.45) is 5.92 Å². The second-order valence-electron chi connectivity index (χ2n) is 12.2. The van der Waals surface area contributed by atoms with E-state index in [1.807, 2.05) is 0 Å². The highest BCUT2D eigenvalue weighted by atomic mass is 19.4. The van der Waals surface area contributed by atoms with Crippen LogP contribution in [0.25, 0.3) is 0 Å². The Morgan fingerprint density at radius 3 is 2.07 bits per heavy atom. The van der Waals surface area contributed by atoms with Crippen molar-refractivity contribution < 1.29 is 49.9 Å². The fraction of sp³-hybridized carbons (Fsp3) is 0.484. The quantitative estimate of drug-likeness (QED) is 0.306. The summed E-state index contributed by atoms with van der Waals surface area (Å²) in [6.07, 6.45) is -10.1. The van der Waals surface area contributed by atoms with Gasteiger partial charge >= 0.3 is 18.4 Å². The number of hydrogen-bond donors (Lipinski definition) is 0. The van der Waals surface area contributed by atoms with Gasteiger partial charge in [0.25, 0.3) is 5.91 Å². The lowest BCUT2D eigenvalue weighted by atomic mass is 9.78. The van der Waals surface area contributed by atoms with E-state index in [0.717, 1.165) is 9.80 Å². The Bertz CT molecular complexity index is 1520. The highest BCUT2D eigenvalue weighted by molar-refractivity contribution is 6.08. The van der Waals surface area contributed by atoms with Crippen LogP contribution < -0.4 is 0 Å². The Labute approximate surface area is 260 Å². The van der Waals surface area contributed by atoms with Gasteiger partial charge in [0.15, 0.2) is 0 Å². The number of rotatable bonds is 6. The summed E-state index contributed by atoms with van der Waals surface area (Å²) in [7, 11) is 2.69. The predicted molar refractivity (Wildman–Crippen MR) is 150 cm³/mol. The van der Waals surface area contributed by atoms with E-state index >= 15 is 0 Å². The van der Waals surface area contributed by atoms with Crippen molar-refractivity contribution in [1.29, 1.82) is 0 Å². The summed E-state index contributed by atoms with van der Waals surface area (Å²) in [5.41, 5.74) is -3.58. The molecule has 2 aliphatic heterocycles. The largest absolute Gasteiger partial charge is 0.416 e. The standard InChI is InChI=1S/C31H33F7N4O4/c1-17-10-21(32)6-7-22(17)24-15-41(25(43)16-42-27(45)29(2,3)40(5)28(42)46)9-8-23(24)26(44)39(4)14-18-11-19(30(33,34)35)13-20(12-18)31(36,37)38/h6-7,10-13,23-24H,8-9,14-16H2,1-5H3/t23-,24+/m1/s1. The molecule has 5 amide bonds. The normalized spacial score (nSPS) is 20.4. The molecule has 15 heteroatoms. The Kier molecular flexibility index (Phi) is 9.21. The molecule has 2 aromatic carbocycles. The van der Waals surface area contributed by atoms with Crippen molar-refractivity contribution in [3.05, 3.63) is 70.0 Å². The molecule has 0 aliphatic carbocycles. The van der Waals surface area contributed by atoms with E-state index in [9.17, 15) is 49.9 Å². The summed E-state index contributed by atoms with van der Waals surface area (Å²) in [6.45, 7) is 3.51. The number of amides is 5. The monoisotopic (exact) mass is 658 g/mol. The average Bonchev–Trinajstić information content (AvgIpc) is 3.10. The molecule has 0 N–H and O–H groups in total. The number of likely N-dealkylation sites (N-methyl/N-ethyl adjacent to an activating group) is 1. The van der Waals surface area contributed by atoms with E-state index in [1.165, 1.54) is 42.1 Å². The van der Waals surface area contributed by atoms with Gasteiger partial charge in [0.2, 0.25) is 11.8 Å². The Morgan fingerprint density at radius 2 is 1.57 bits per heavy atom. The average molecular weight is 659 g/mol. The topological polar surface area (TPSA) is 81.2 Å². The summed E-state index contributed by atoms with van der Waals surface area (Å²) < 4.78 is 94.5. The zero-order valence-corrected chi connectivity index (χ0v) is 25.7. The molecular formula is C31H33F7N4O4. The molecule has 0 unspecified atom stereocenters. The van der Waals surface area contributed by atoms with E-state index in [0.29, 0.717) is 23.3 Å². The Morgan fingerprint density at radius 1 is 0.978 bits per heavy atom. The molecule has 0 spiro atoms. The first-order valence-electron chi connectivity index (χ1n) is 14.3. The molecular weight excluding hydrogens is 625 g/mol. The number of urea groups is 1. The van der Waals surface area contributed by atoms with E-state index < -0.39 is 83.5 Å². The zero-order chi connectivity index (χ0) is 34.5. The number of halogens is 7. The molecule has 2 aliphatic rings. The van der Waals surface area contributed by atoms with Crippen molar-refractivity contribution in [3.8, 4) is 0 Å².